The minimum atomic E-state index is -0.930. The molecule has 0 spiro atoms. The van der Waals surface area contributed by atoms with Gasteiger partial charge in [0, 0.05) is 18.5 Å². The molecule has 2 N–H and O–H groups in total. The first-order valence-electron chi connectivity index (χ1n) is 7.52. The van der Waals surface area contributed by atoms with Crippen molar-refractivity contribution in [3.8, 4) is 0 Å². The molecule has 0 fully saturated rings. The lowest BCUT2D eigenvalue weighted by Gasteiger charge is -2.08. The summed E-state index contributed by atoms with van der Waals surface area (Å²) in [4.78, 5) is 41.7. The van der Waals surface area contributed by atoms with Crippen LogP contribution in [-0.2, 0) is 27.3 Å². The van der Waals surface area contributed by atoms with E-state index in [1.54, 1.807) is 0 Å². The largest absolute Gasteiger partial charge is 0.481 e. The molecule has 24 heavy (non-hydrogen) atoms. The van der Waals surface area contributed by atoms with E-state index in [9.17, 15) is 19.5 Å². The van der Waals surface area contributed by atoms with Gasteiger partial charge in [-0.05, 0) is 18.4 Å². The highest BCUT2D eigenvalue weighted by atomic mass is 32.1. The number of aryl methyl sites for hydroxylation is 1. The monoisotopic (exact) mass is 351 g/mol. The van der Waals surface area contributed by atoms with Gasteiger partial charge >= 0.3 is 5.97 Å². The SMILES string of the molecule is COCCNC(=O)Cn1cnc2sc3c(c2c1=O)C(C(=O)O)CC3. The van der Waals surface area contributed by atoms with E-state index in [1.807, 2.05) is 0 Å². The topological polar surface area (TPSA) is 111 Å². The normalized spacial score (nSPS) is 16.3. The maximum atomic E-state index is 12.7. The molecule has 0 bridgehead atoms. The zero-order chi connectivity index (χ0) is 17.3. The Labute approximate surface area is 141 Å². The standard InChI is InChI=1S/C15H17N3O5S/c1-23-5-4-16-10(19)6-18-7-17-13-12(14(18)20)11-8(15(21)22)2-3-9(11)24-13/h7-8H,2-6H2,1H3,(H,16,19)(H,21,22). The summed E-state index contributed by atoms with van der Waals surface area (Å²) in [6.07, 6.45) is 2.48. The summed E-state index contributed by atoms with van der Waals surface area (Å²) < 4.78 is 6.07. The number of nitrogens with one attached hydrogen (secondary N) is 1. The Hall–Kier alpha value is -2.26. The van der Waals surface area contributed by atoms with Crippen LogP contribution >= 0.6 is 11.3 Å². The number of hydrogen-bond acceptors (Lipinski definition) is 6. The molecule has 1 unspecified atom stereocenters. The van der Waals surface area contributed by atoms with Crippen LogP contribution < -0.4 is 10.9 Å². The Morgan fingerprint density at radius 1 is 1.54 bits per heavy atom. The molecule has 2 aromatic rings. The van der Waals surface area contributed by atoms with Crippen molar-refractivity contribution >= 4 is 33.4 Å². The summed E-state index contributed by atoms with van der Waals surface area (Å²) in [5, 5.41) is 12.3. The number of ether oxygens (including phenoxy) is 1. The first-order chi connectivity index (χ1) is 11.5. The minimum Gasteiger partial charge on any atom is -0.481 e. The molecule has 1 amide bonds. The van der Waals surface area contributed by atoms with Crippen molar-refractivity contribution in [2.75, 3.05) is 20.3 Å². The lowest BCUT2D eigenvalue weighted by molar-refractivity contribution is -0.138. The van der Waals surface area contributed by atoms with E-state index in [-0.39, 0.29) is 18.0 Å². The minimum absolute atomic E-state index is 0.159. The Kier molecular flexibility index (Phi) is 4.63. The van der Waals surface area contributed by atoms with E-state index in [0.717, 1.165) is 4.88 Å². The van der Waals surface area contributed by atoms with Gasteiger partial charge in [0.05, 0.1) is 24.2 Å². The van der Waals surface area contributed by atoms with Crippen molar-refractivity contribution in [1.29, 1.82) is 0 Å². The first kappa shape index (κ1) is 16.6. The molecule has 1 aliphatic rings. The predicted octanol–water partition coefficient (Wildman–Crippen LogP) is 0.335. The van der Waals surface area contributed by atoms with Gasteiger partial charge in [0.25, 0.3) is 5.56 Å². The predicted molar refractivity (Wildman–Crippen MR) is 87.5 cm³/mol. The fourth-order valence-electron chi connectivity index (χ4n) is 2.93. The van der Waals surface area contributed by atoms with Crippen LogP contribution in [0.1, 0.15) is 22.8 Å². The third kappa shape index (κ3) is 2.92. The summed E-state index contributed by atoms with van der Waals surface area (Å²) in [5.41, 5.74) is 0.210. The van der Waals surface area contributed by atoms with Crippen LogP contribution in [0.15, 0.2) is 11.1 Å². The van der Waals surface area contributed by atoms with E-state index in [4.69, 9.17) is 4.74 Å². The number of aliphatic carboxylic acids is 1. The van der Waals surface area contributed by atoms with Gasteiger partial charge < -0.3 is 15.2 Å². The second kappa shape index (κ2) is 6.70. The molecule has 128 valence electrons. The second-order valence-corrected chi connectivity index (χ2v) is 6.65. The Bertz CT molecular complexity index is 857. The molecule has 0 radical (unpaired) electrons. The summed E-state index contributed by atoms with van der Waals surface area (Å²) in [7, 11) is 1.53. The Morgan fingerprint density at radius 2 is 2.33 bits per heavy atom. The average molecular weight is 351 g/mol. The van der Waals surface area contributed by atoms with Gasteiger partial charge in [0.15, 0.2) is 0 Å². The van der Waals surface area contributed by atoms with E-state index in [1.165, 1.54) is 29.3 Å². The number of thiophene rings is 1. The maximum Gasteiger partial charge on any atom is 0.311 e. The van der Waals surface area contributed by atoms with Gasteiger partial charge in [0.1, 0.15) is 11.4 Å². The second-order valence-electron chi connectivity index (χ2n) is 5.57. The van der Waals surface area contributed by atoms with Gasteiger partial charge in [-0.2, -0.15) is 0 Å². The van der Waals surface area contributed by atoms with Crippen molar-refractivity contribution in [3.05, 3.63) is 27.1 Å². The molecule has 9 heteroatoms. The number of carboxylic acids is 1. The number of carbonyl (C=O) groups excluding carboxylic acids is 1. The number of amides is 1. The van der Waals surface area contributed by atoms with Gasteiger partial charge in [-0.3, -0.25) is 19.0 Å². The van der Waals surface area contributed by atoms with Gasteiger partial charge in [-0.1, -0.05) is 0 Å². The third-order valence-electron chi connectivity index (χ3n) is 4.04. The fraction of sp³-hybridized carbons (Fsp3) is 0.467. The smallest absolute Gasteiger partial charge is 0.311 e. The molecule has 1 atom stereocenters. The van der Waals surface area contributed by atoms with Crippen LogP contribution in [0.5, 0.6) is 0 Å². The number of carbonyl (C=O) groups is 2. The van der Waals surface area contributed by atoms with Crippen molar-refractivity contribution < 1.29 is 19.4 Å². The van der Waals surface area contributed by atoms with Crippen LogP contribution in [0.3, 0.4) is 0 Å². The summed E-state index contributed by atoms with van der Waals surface area (Å²) in [5.74, 6) is -1.92. The lowest BCUT2D eigenvalue weighted by atomic mass is 10.0. The third-order valence-corrected chi connectivity index (χ3v) is 5.21. The van der Waals surface area contributed by atoms with Crippen molar-refractivity contribution in [2.45, 2.75) is 25.3 Å². The highest BCUT2D eigenvalue weighted by Crippen LogP contribution is 2.41. The zero-order valence-corrected chi connectivity index (χ0v) is 13.9. The molecule has 0 aromatic carbocycles. The van der Waals surface area contributed by atoms with E-state index < -0.39 is 11.9 Å². The van der Waals surface area contributed by atoms with Gasteiger partial charge in [0.2, 0.25) is 5.91 Å². The maximum absolute atomic E-state index is 12.7. The molecule has 2 aromatic heterocycles. The van der Waals surface area contributed by atoms with Gasteiger partial charge in [-0.25, -0.2) is 4.98 Å². The Balaban J connectivity index is 1.94. The Morgan fingerprint density at radius 3 is 3.04 bits per heavy atom. The van der Waals surface area contributed by atoms with Crippen molar-refractivity contribution in [3.63, 3.8) is 0 Å². The number of hydrogen-bond donors (Lipinski definition) is 2. The molecule has 8 nitrogen and oxygen atoms in total. The first-order valence-corrected chi connectivity index (χ1v) is 8.33. The number of nitrogens with zero attached hydrogens (tertiary/aromatic N) is 2. The van der Waals surface area contributed by atoms with Gasteiger partial charge in [-0.15, -0.1) is 11.3 Å². The molecule has 3 rings (SSSR count). The summed E-state index contributed by atoms with van der Waals surface area (Å²) in [6.45, 7) is 0.582. The molecule has 0 saturated heterocycles. The number of aromatic nitrogens is 2. The molecule has 0 saturated carbocycles. The van der Waals surface area contributed by atoms with Crippen LogP contribution in [0.25, 0.3) is 10.2 Å². The van der Waals surface area contributed by atoms with E-state index >= 15 is 0 Å². The van der Waals surface area contributed by atoms with Crippen LogP contribution in [0.2, 0.25) is 0 Å². The molecule has 1 aliphatic carbocycles. The summed E-state index contributed by atoms with van der Waals surface area (Å²) in [6, 6.07) is 0. The number of carboxylic acid groups (broad SMARTS) is 1. The van der Waals surface area contributed by atoms with Crippen LogP contribution in [-0.4, -0.2) is 46.8 Å². The number of rotatable bonds is 6. The highest BCUT2D eigenvalue weighted by Gasteiger charge is 2.34. The number of methoxy groups -OCH3 is 1. The van der Waals surface area contributed by atoms with Crippen LogP contribution in [0.4, 0.5) is 0 Å². The highest BCUT2D eigenvalue weighted by molar-refractivity contribution is 7.18. The molecular formula is C15H17N3O5S. The van der Waals surface area contributed by atoms with E-state index in [0.29, 0.717) is 41.8 Å². The number of fused-ring (bicyclic) bond motifs is 3. The zero-order valence-electron chi connectivity index (χ0n) is 13.1. The van der Waals surface area contributed by atoms with E-state index in [2.05, 4.69) is 10.3 Å². The van der Waals surface area contributed by atoms with Crippen molar-refractivity contribution in [1.82, 2.24) is 14.9 Å². The molecule has 0 aliphatic heterocycles. The molecule has 2 heterocycles. The molecular weight excluding hydrogens is 334 g/mol. The average Bonchev–Trinajstić information content (AvgIpc) is 3.09. The van der Waals surface area contributed by atoms with Crippen molar-refractivity contribution in [2.24, 2.45) is 0 Å². The van der Waals surface area contributed by atoms with Crippen LogP contribution in [0, 0.1) is 0 Å². The lowest BCUT2D eigenvalue weighted by Crippen LogP contribution is -2.34. The quantitative estimate of drug-likeness (QED) is 0.726. The fourth-order valence-corrected chi connectivity index (χ4v) is 4.14. The summed E-state index contributed by atoms with van der Waals surface area (Å²) >= 11 is 1.36.